The molecule has 1 aliphatic rings. The minimum absolute atomic E-state index is 0.192. The summed E-state index contributed by atoms with van der Waals surface area (Å²) in [5.74, 6) is 0.921. The van der Waals surface area contributed by atoms with Gasteiger partial charge in [0.25, 0.3) is 0 Å². The summed E-state index contributed by atoms with van der Waals surface area (Å²) in [6, 6.07) is 13.2. The first-order valence-electron chi connectivity index (χ1n) is 8.18. The molecule has 0 fully saturated rings. The monoisotopic (exact) mass is 345 g/mol. The van der Waals surface area contributed by atoms with Crippen molar-refractivity contribution in [2.45, 2.75) is 37.6 Å². The molecule has 128 valence electrons. The van der Waals surface area contributed by atoms with Crippen LogP contribution in [0.3, 0.4) is 0 Å². The maximum Gasteiger partial charge on any atom is 0.243 e. The van der Waals surface area contributed by atoms with Gasteiger partial charge in [0.15, 0.2) is 0 Å². The lowest BCUT2D eigenvalue weighted by Gasteiger charge is -2.28. The van der Waals surface area contributed by atoms with Crippen LogP contribution in [0.5, 0.6) is 5.75 Å². The van der Waals surface area contributed by atoms with Crippen molar-refractivity contribution >= 4 is 10.0 Å². The van der Waals surface area contributed by atoms with Crippen LogP contribution in [0.2, 0.25) is 0 Å². The molecule has 0 saturated heterocycles. The van der Waals surface area contributed by atoms with Gasteiger partial charge in [0, 0.05) is 13.1 Å². The van der Waals surface area contributed by atoms with E-state index in [1.54, 1.807) is 29.6 Å². The Balaban J connectivity index is 1.96. The highest BCUT2D eigenvalue weighted by atomic mass is 32.2. The zero-order chi connectivity index (χ0) is 17.3. The Hall–Kier alpha value is -1.85. The van der Waals surface area contributed by atoms with Gasteiger partial charge in [-0.25, -0.2) is 8.42 Å². The molecule has 0 radical (unpaired) electrons. The number of sulfonamides is 1. The van der Waals surface area contributed by atoms with Crippen LogP contribution in [0.25, 0.3) is 0 Å². The average Bonchev–Trinajstić information content (AvgIpc) is 2.60. The van der Waals surface area contributed by atoms with Crippen molar-refractivity contribution in [3.05, 3.63) is 59.2 Å². The van der Waals surface area contributed by atoms with Crippen LogP contribution >= 0.6 is 0 Å². The number of fused-ring (bicyclic) bond motifs is 1. The van der Waals surface area contributed by atoms with Gasteiger partial charge in [-0.2, -0.15) is 4.31 Å². The number of hydrogen-bond acceptors (Lipinski definition) is 3. The fourth-order valence-electron chi connectivity index (χ4n) is 3.15. The Kier molecular flexibility index (Phi) is 4.65. The fraction of sp³-hybridized carbons (Fsp3) is 0.368. The normalized spacial score (nSPS) is 15.3. The molecule has 0 atom stereocenters. The molecule has 4 nitrogen and oxygen atoms in total. The van der Waals surface area contributed by atoms with Crippen molar-refractivity contribution in [2.75, 3.05) is 13.7 Å². The maximum absolute atomic E-state index is 13.1. The van der Waals surface area contributed by atoms with E-state index in [2.05, 4.69) is 6.07 Å². The van der Waals surface area contributed by atoms with Crippen LogP contribution in [-0.4, -0.2) is 26.4 Å². The van der Waals surface area contributed by atoms with Crippen molar-refractivity contribution in [1.82, 2.24) is 4.31 Å². The SMILES string of the molecule is COc1ccc(S(=O)(=O)N2CCc3ccccc3C2)cc1C(C)C. The van der Waals surface area contributed by atoms with E-state index in [1.807, 2.05) is 32.0 Å². The number of rotatable bonds is 4. The van der Waals surface area contributed by atoms with E-state index in [4.69, 9.17) is 4.74 Å². The van der Waals surface area contributed by atoms with E-state index in [0.29, 0.717) is 18.0 Å². The molecule has 1 heterocycles. The highest BCUT2D eigenvalue weighted by Crippen LogP contribution is 2.31. The summed E-state index contributed by atoms with van der Waals surface area (Å²) in [6.45, 7) is 5.01. The third-order valence-corrected chi connectivity index (χ3v) is 6.40. The fourth-order valence-corrected chi connectivity index (χ4v) is 4.60. The molecule has 0 unspecified atom stereocenters. The second kappa shape index (κ2) is 6.57. The lowest BCUT2D eigenvalue weighted by Crippen LogP contribution is -2.36. The van der Waals surface area contributed by atoms with Crippen molar-refractivity contribution in [3.8, 4) is 5.75 Å². The van der Waals surface area contributed by atoms with E-state index < -0.39 is 10.0 Å². The minimum atomic E-state index is -3.51. The van der Waals surface area contributed by atoms with Gasteiger partial charge in [-0.15, -0.1) is 0 Å². The van der Waals surface area contributed by atoms with E-state index in [1.165, 1.54) is 5.56 Å². The summed E-state index contributed by atoms with van der Waals surface area (Å²) in [5.41, 5.74) is 3.24. The highest BCUT2D eigenvalue weighted by Gasteiger charge is 2.29. The first-order chi connectivity index (χ1) is 11.4. The highest BCUT2D eigenvalue weighted by molar-refractivity contribution is 7.89. The molecule has 0 aromatic heterocycles. The molecule has 0 bridgehead atoms. The molecule has 3 rings (SSSR count). The lowest BCUT2D eigenvalue weighted by molar-refractivity contribution is 0.390. The van der Waals surface area contributed by atoms with Crippen molar-refractivity contribution in [1.29, 1.82) is 0 Å². The summed E-state index contributed by atoms with van der Waals surface area (Å²) < 4.78 is 33.0. The number of methoxy groups -OCH3 is 1. The number of ether oxygens (including phenoxy) is 1. The quantitative estimate of drug-likeness (QED) is 0.851. The van der Waals surface area contributed by atoms with Crippen LogP contribution in [-0.2, 0) is 23.0 Å². The maximum atomic E-state index is 13.1. The molecule has 0 aliphatic carbocycles. The van der Waals surface area contributed by atoms with Gasteiger partial charge in [-0.05, 0) is 47.2 Å². The number of nitrogens with zero attached hydrogens (tertiary/aromatic N) is 1. The van der Waals surface area contributed by atoms with Gasteiger partial charge >= 0.3 is 0 Å². The zero-order valence-corrected chi connectivity index (χ0v) is 15.1. The van der Waals surface area contributed by atoms with Crippen LogP contribution in [0.15, 0.2) is 47.4 Å². The molecule has 24 heavy (non-hydrogen) atoms. The van der Waals surface area contributed by atoms with Gasteiger partial charge in [0.1, 0.15) is 5.75 Å². The predicted octanol–water partition coefficient (Wildman–Crippen LogP) is 3.57. The third-order valence-electron chi connectivity index (χ3n) is 4.56. The zero-order valence-electron chi connectivity index (χ0n) is 14.3. The number of hydrogen-bond donors (Lipinski definition) is 0. The molecular formula is C19H23NO3S. The van der Waals surface area contributed by atoms with E-state index in [0.717, 1.165) is 23.3 Å². The molecule has 0 spiro atoms. The first-order valence-corrected chi connectivity index (χ1v) is 9.62. The Morgan fingerprint density at radius 2 is 1.79 bits per heavy atom. The Labute approximate surface area is 144 Å². The largest absolute Gasteiger partial charge is 0.496 e. The van der Waals surface area contributed by atoms with E-state index >= 15 is 0 Å². The van der Waals surface area contributed by atoms with Crippen LogP contribution < -0.4 is 4.74 Å². The molecule has 5 heteroatoms. The van der Waals surface area contributed by atoms with Gasteiger partial charge in [-0.3, -0.25) is 0 Å². The van der Waals surface area contributed by atoms with Gasteiger partial charge < -0.3 is 4.74 Å². The molecule has 1 aliphatic heterocycles. The Morgan fingerprint density at radius 3 is 2.46 bits per heavy atom. The summed E-state index contributed by atoms with van der Waals surface area (Å²) in [5, 5.41) is 0. The van der Waals surface area contributed by atoms with E-state index in [-0.39, 0.29) is 5.92 Å². The van der Waals surface area contributed by atoms with Crippen molar-refractivity contribution in [3.63, 3.8) is 0 Å². The second-order valence-electron chi connectivity index (χ2n) is 6.42. The lowest BCUT2D eigenvalue weighted by atomic mass is 10.0. The summed E-state index contributed by atoms with van der Waals surface area (Å²) in [7, 11) is -1.90. The van der Waals surface area contributed by atoms with Gasteiger partial charge in [0.05, 0.1) is 12.0 Å². The minimum Gasteiger partial charge on any atom is -0.496 e. The first kappa shape index (κ1) is 17.0. The predicted molar refractivity (Wildman–Crippen MR) is 94.8 cm³/mol. The topological polar surface area (TPSA) is 46.6 Å². The third kappa shape index (κ3) is 3.06. The smallest absolute Gasteiger partial charge is 0.243 e. The van der Waals surface area contributed by atoms with Crippen LogP contribution in [0, 0.1) is 0 Å². The summed E-state index contributed by atoms with van der Waals surface area (Å²) >= 11 is 0. The molecular weight excluding hydrogens is 322 g/mol. The standard InChI is InChI=1S/C19H23NO3S/c1-14(2)18-12-17(8-9-19(18)23-3)24(21,22)20-11-10-15-6-4-5-7-16(15)13-20/h4-9,12,14H,10-11,13H2,1-3H3. The van der Waals surface area contributed by atoms with Crippen LogP contribution in [0.1, 0.15) is 36.5 Å². The summed E-state index contributed by atoms with van der Waals surface area (Å²) in [6.07, 6.45) is 0.753. The molecule has 0 amide bonds. The van der Waals surface area contributed by atoms with Gasteiger partial charge in [0.2, 0.25) is 10.0 Å². The number of benzene rings is 2. The second-order valence-corrected chi connectivity index (χ2v) is 8.35. The average molecular weight is 345 g/mol. The Bertz CT molecular complexity index is 843. The van der Waals surface area contributed by atoms with Gasteiger partial charge in [-0.1, -0.05) is 38.1 Å². The van der Waals surface area contributed by atoms with E-state index in [9.17, 15) is 8.42 Å². The summed E-state index contributed by atoms with van der Waals surface area (Å²) in [4.78, 5) is 0.339. The molecule has 2 aromatic rings. The molecule has 0 saturated carbocycles. The Morgan fingerprint density at radius 1 is 1.08 bits per heavy atom. The van der Waals surface area contributed by atoms with Crippen molar-refractivity contribution in [2.24, 2.45) is 0 Å². The van der Waals surface area contributed by atoms with Crippen LogP contribution in [0.4, 0.5) is 0 Å². The van der Waals surface area contributed by atoms with Crippen molar-refractivity contribution < 1.29 is 13.2 Å². The molecule has 2 aromatic carbocycles. The molecule has 0 N–H and O–H groups in total.